The third-order valence-corrected chi connectivity index (χ3v) is 16.5. The molecule has 0 amide bonds. The van der Waals surface area contributed by atoms with Gasteiger partial charge in [0.05, 0.1) is 0 Å². The fourth-order valence-corrected chi connectivity index (χ4v) is 10.1. The molecule has 0 spiro atoms. The van der Waals surface area contributed by atoms with E-state index in [2.05, 4.69) is 13.8 Å². The summed E-state index contributed by atoms with van der Waals surface area (Å²) in [5, 5.41) is -3.36. The molecule has 0 unspecified atom stereocenters. The fraction of sp³-hybridized carbons (Fsp3) is 1.00. The number of rotatable bonds is 2. The van der Waals surface area contributed by atoms with Gasteiger partial charge in [0, 0.05) is 0 Å². The van der Waals surface area contributed by atoms with Gasteiger partial charge in [0.1, 0.15) is 0 Å². The molecule has 2 aliphatic carbocycles. The van der Waals surface area contributed by atoms with Crippen molar-refractivity contribution in [1.82, 2.24) is 0 Å². The van der Waals surface area contributed by atoms with Crippen molar-refractivity contribution >= 4 is 29.7 Å². The van der Waals surface area contributed by atoms with Crippen LogP contribution in [0.4, 0.5) is 0 Å². The van der Waals surface area contributed by atoms with Crippen LogP contribution in [-0.2, 0) is 0 Å². The zero-order valence-corrected chi connectivity index (χ0v) is 14.5. The monoisotopic (exact) mass is 308 g/mol. The quantitative estimate of drug-likeness (QED) is 0.449. The van der Waals surface area contributed by atoms with Crippen molar-refractivity contribution in [2.45, 2.75) is 88.4 Å². The zero-order valence-electron chi connectivity index (χ0n) is 11.9. The van der Waals surface area contributed by atoms with E-state index in [9.17, 15) is 4.89 Å². The molecule has 0 aromatic heterocycles. The van der Waals surface area contributed by atoms with Crippen molar-refractivity contribution in [2.75, 3.05) is 0 Å². The summed E-state index contributed by atoms with van der Waals surface area (Å²) in [6.45, 7) is 4.51. The maximum atomic E-state index is 11.6. The second-order valence-corrected chi connectivity index (χ2v) is 16.8. The summed E-state index contributed by atoms with van der Waals surface area (Å²) in [6, 6.07) is 0. The predicted molar refractivity (Wildman–Crippen MR) is 90.1 cm³/mol. The Morgan fingerprint density at radius 3 is 1.28 bits per heavy atom. The van der Waals surface area contributed by atoms with E-state index in [-0.39, 0.29) is 10.3 Å². The average Bonchev–Trinajstić information content (AvgIpc) is 2.30. The summed E-state index contributed by atoms with van der Waals surface area (Å²) in [6.07, 6.45) is 11.9. The standard InChI is InChI=1S/C14H29OPS2/c1-13(9-5-3-6-10-13)16(15,17,18)14(2)11-7-4-8-12-14/h15,17-18H,3-12H2,1-2H3. The third kappa shape index (κ3) is 2.18. The van der Waals surface area contributed by atoms with E-state index < -0.39 is 5.23 Å². The van der Waals surface area contributed by atoms with Crippen LogP contribution in [-0.4, -0.2) is 15.2 Å². The van der Waals surface area contributed by atoms with Gasteiger partial charge in [-0.15, -0.1) is 0 Å². The molecular formula is C14H29OPS2. The van der Waals surface area contributed by atoms with Gasteiger partial charge < -0.3 is 0 Å². The minimum atomic E-state index is -3.25. The molecule has 2 fully saturated rings. The third-order valence-electron chi connectivity index (χ3n) is 5.85. The summed E-state index contributed by atoms with van der Waals surface area (Å²) in [4.78, 5) is 11.6. The Kier molecular flexibility index (Phi) is 4.15. The van der Waals surface area contributed by atoms with E-state index in [0.29, 0.717) is 0 Å². The van der Waals surface area contributed by atoms with E-state index in [1.165, 1.54) is 38.5 Å². The van der Waals surface area contributed by atoms with Gasteiger partial charge >= 0.3 is 123 Å². The first kappa shape index (κ1) is 15.5. The van der Waals surface area contributed by atoms with E-state index in [1.54, 1.807) is 0 Å². The van der Waals surface area contributed by atoms with Gasteiger partial charge in [0.15, 0.2) is 0 Å². The predicted octanol–water partition coefficient (Wildman–Crippen LogP) is 5.58. The van der Waals surface area contributed by atoms with Crippen LogP contribution in [0.5, 0.6) is 0 Å². The van der Waals surface area contributed by atoms with Crippen molar-refractivity contribution in [2.24, 2.45) is 0 Å². The fourth-order valence-electron chi connectivity index (χ4n) is 4.10. The summed E-state index contributed by atoms with van der Waals surface area (Å²) < 4.78 is 0. The van der Waals surface area contributed by atoms with Crippen LogP contribution in [0.1, 0.15) is 78.1 Å². The Morgan fingerprint density at radius 1 is 0.722 bits per heavy atom. The summed E-state index contributed by atoms with van der Waals surface area (Å²) in [7, 11) is 0. The van der Waals surface area contributed by atoms with Gasteiger partial charge in [0.2, 0.25) is 0 Å². The average molecular weight is 308 g/mol. The van der Waals surface area contributed by atoms with Crippen LogP contribution in [0.15, 0.2) is 0 Å². The van der Waals surface area contributed by atoms with Crippen LogP contribution >= 0.6 is 29.7 Å². The molecule has 2 rings (SSSR count). The molecule has 2 saturated carbocycles. The van der Waals surface area contributed by atoms with E-state index >= 15 is 0 Å². The zero-order chi connectivity index (χ0) is 13.5. The molecule has 1 N–H and O–H groups in total. The second kappa shape index (κ2) is 4.83. The Labute approximate surface area is 123 Å². The van der Waals surface area contributed by atoms with Gasteiger partial charge in [-0.1, -0.05) is 0 Å². The summed E-state index contributed by atoms with van der Waals surface area (Å²) in [5.74, 6) is 0. The summed E-state index contributed by atoms with van der Waals surface area (Å²) >= 11 is 9.90. The van der Waals surface area contributed by atoms with E-state index in [4.69, 9.17) is 24.5 Å². The topological polar surface area (TPSA) is 20.2 Å². The van der Waals surface area contributed by atoms with E-state index in [0.717, 1.165) is 25.7 Å². The molecule has 0 aromatic rings. The molecule has 108 valence electrons. The molecule has 18 heavy (non-hydrogen) atoms. The van der Waals surface area contributed by atoms with Crippen molar-refractivity contribution in [1.29, 1.82) is 0 Å². The first-order chi connectivity index (χ1) is 8.20. The van der Waals surface area contributed by atoms with Crippen molar-refractivity contribution in [3.8, 4) is 0 Å². The Morgan fingerprint density at radius 2 is 1.00 bits per heavy atom. The van der Waals surface area contributed by atoms with Gasteiger partial charge in [0.25, 0.3) is 0 Å². The van der Waals surface area contributed by atoms with Crippen molar-refractivity contribution < 1.29 is 4.89 Å². The molecule has 0 aliphatic heterocycles. The molecule has 0 heterocycles. The number of thiol groups is 2. The molecule has 1 nitrogen and oxygen atoms in total. The molecule has 2 aliphatic rings. The van der Waals surface area contributed by atoms with E-state index in [1.807, 2.05) is 0 Å². The first-order valence-corrected chi connectivity index (χ1v) is 12.0. The number of hydrogen-bond acceptors (Lipinski definition) is 3. The SMILES string of the molecule is CC1(P(O)(S)(S)C2(C)CCCCC2)CCCCC1. The Bertz CT molecular complexity index is 281. The molecule has 4 heteroatoms. The molecule has 0 bridgehead atoms. The molecule has 0 radical (unpaired) electrons. The normalized spacial score (nSPS) is 30.4. The van der Waals surface area contributed by atoms with Gasteiger partial charge in [-0.25, -0.2) is 0 Å². The first-order valence-electron chi connectivity index (χ1n) is 7.46. The van der Waals surface area contributed by atoms with Crippen LogP contribution in [0.25, 0.3) is 0 Å². The van der Waals surface area contributed by atoms with Crippen LogP contribution < -0.4 is 0 Å². The van der Waals surface area contributed by atoms with Crippen molar-refractivity contribution in [3.05, 3.63) is 0 Å². The van der Waals surface area contributed by atoms with Gasteiger partial charge in [-0.05, 0) is 0 Å². The van der Waals surface area contributed by atoms with Crippen LogP contribution in [0.3, 0.4) is 0 Å². The second-order valence-electron chi connectivity index (χ2n) is 7.10. The van der Waals surface area contributed by atoms with Crippen molar-refractivity contribution in [3.63, 3.8) is 0 Å². The molecule has 0 aromatic carbocycles. The van der Waals surface area contributed by atoms with Crippen LogP contribution in [0.2, 0.25) is 0 Å². The van der Waals surface area contributed by atoms with Crippen LogP contribution in [0, 0.1) is 0 Å². The Balaban J connectivity index is 2.35. The number of hydrogen-bond donors (Lipinski definition) is 3. The van der Waals surface area contributed by atoms with Gasteiger partial charge in [-0.3, -0.25) is 0 Å². The molecule has 0 saturated heterocycles. The Hall–Kier alpha value is 1.09. The maximum absolute atomic E-state index is 11.6. The molecule has 0 atom stereocenters. The minimum absolute atomic E-state index is 0.0534. The molecular weight excluding hydrogens is 279 g/mol. The summed E-state index contributed by atoms with van der Waals surface area (Å²) in [5.41, 5.74) is 0. The van der Waals surface area contributed by atoms with Gasteiger partial charge in [-0.2, -0.15) is 0 Å².